The number of hydrogen-bond acceptors (Lipinski definition) is 4. The Kier molecular flexibility index (Phi) is 4.74. The maximum absolute atomic E-state index is 11.0. The molecule has 4 nitrogen and oxygen atoms in total. The van der Waals surface area contributed by atoms with Crippen molar-refractivity contribution >= 4 is 9.84 Å². The van der Waals surface area contributed by atoms with Gasteiger partial charge in [0.1, 0.15) is 0 Å². The van der Waals surface area contributed by atoms with Gasteiger partial charge in [0.15, 0.2) is 9.84 Å². The second kappa shape index (κ2) is 4.79. The van der Waals surface area contributed by atoms with Crippen LogP contribution in [0.2, 0.25) is 0 Å². The van der Waals surface area contributed by atoms with Crippen molar-refractivity contribution in [2.45, 2.75) is 12.2 Å². The fraction of sp³-hybridized carbons (Fsp3) is 1.00. The Balaban J connectivity index is 3.93. The Morgan fingerprint density at radius 1 is 1.50 bits per heavy atom. The van der Waals surface area contributed by atoms with E-state index >= 15 is 0 Å². The SMILES string of the molecule is CC(CN(C)CCN)S(C)(=O)=O. The van der Waals surface area contributed by atoms with Crippen LogP contribution in [-0.2, 0) is 9.84 Å². The summed E-state index contributed by atoms with van der Waals surface area (Å²) in [5.74, 6) is 0. The Hall–Kier alpha value is -0.130. The monoisotopic (exact) mass is 194 g/mol. The molecule has 0 aliphatic carbocycles. The number of nitrogens with two attached hydrogens (primary N) is 1. The molecule has 0 saturated carbocycles. The Morgan fingerprint density at radius 2 is 2.00 bits per heavy atom. The summed E-state index contributed by atoms with van der Waals surface area (Å²) in [5, 5.41) is -0.311. The van der Waals surface area contributed by atoms with Gasteiger partial charge in [0, 0.05) is 25.9 Å². The molecule has 0 aromatic heterocycles. The average Bonchev–Trinajstić information content (AvgIpc) is 1.85. The zero-order valence-electron chi connectivity index (χ0n) is 7.95. The zero-order chi connectivity index (χ0) is 9.78. The van der Waals surface area contributed by atoms with Crippen LogP contribution in [0.1, 0.15) is 6.92 Å². The molecule has 2 N–H and O–H groups in total. The molecule has 0 spiro atoms. The summed E-state index contributed by atoms with van der Waals surface area (Å²) in [7, 11) is -1.03. The van der Waals surface area contributed by atoms with Crippen LogP contribution in [0.3, 0.4) is 0 Å². The maximum atomic E-state index is 11.0. The van der Waals surface area contributed by atoms with Crippen LogP contribution < -0.4 is 5.73 Å². The van der Waals surface area contributed by atoms with Crippen LogP contribution in [-0.4, -0.2) is 51.5 Å². The van der Waals surface area contributed by atoms with Crippen molar-refractivity contribution < 1.29 is 8.42 Å². The lowest BCUT2D eigenvalue weighted by atomic mass is 10.4. The maximum Gasteiger partial charge on any atom is 0.151 e. The van der Waals surface area contributed by atoms with Crippen LogP contribution in [0, 0.1) is 0 Å². The van der Waals surface area contributed by atoms with E-state index in [-0.39, 0.29) is 5.25 Å². The molecule has 12 heavy (non-hydrogen) atoms. The smallest absolute Gasteiger partial charge is 0.151 e. The van der Waals surface area contributed by atoms with E-state index in [0.717, 1.165) is 6.54 Å². The van der Waals surface area contributed by atoms with Gasteiger partial charge >= 0.3 is 0 Å². The molecule has 0 aromatic rings. The predicted octanol–water partition coefficient (Wildman–Crippen LogP) is -0.690. The van der Waals surface area contributed by atoms with E-state index in [1.54, 1.807) is 6.92 Å². The first-order valence-corrected chi connectivity index (χ1v) is 5.91. The summed E-state index contributed by atoms with van der Waals surface area (Å²) in [4.78, 5) is 1.92. The summed E-state index contributed by atoms with van der Waals surface area (Å²) in [6, 6.07) is 0. The van der Waals surface area contributed by atoms with Crippen molar-refractivity contribution in [3.8, 4) is 0 Å². The van der Waals surface area contributed by atoms with Gasteiger partial charge in [-0.15, -0.1) is 0 Å². The highest BCUT2D eigenvalue weighted by Gasteiger charge is 2.15. The normalized spacial score (nSPS) is 15.1. The number of rotatable bonds is 5. The second-order valence-electron chi connectivity index (χ2n) is 3.19. The van der Waals surface area contributed by atoms with Crippen molar-refractivity contribution in [3.63, 3.8) is 0 Å². The van der Waals surface area contributed by atoms with Gasteiger partial charge < -0.3 is 10.6 Å². The van der Waals surface area contributed by atoms with E-state index in [0.29, 0.717) is 13.1 Å². The molecular formula is C7H18N2O2S. The number of nitrogens with zero attached hydrogens (tertiary/aromatic N) is 1. The van der Waals surface area contributed by atoms with E-state index in [9.17, 15) is 8.42 Å². The van der Waals surface area contributed by atoms with Gasteiger partial charge in [0.2, 0.25) is 0 Å². The van der Waals surface area contributed by atoms with E-state index in [2.05, 4.69) is 0 Å². The molecule has 0 rings (SSSR count). The highest BCUT2D eigenvalue weighted by molar-refractivity contribution is 7.91. The lowest BCUT2D eigenvalue weighted by Crippen LogP contribution is -2.35. The van der Waals surface area contributed by atoms with E-state index in [1.807, 2.05) is 11.9 Å². The van der Waals surface area contributed by atoms with Gasteiger partial charge in [-0.05, 0) is 14.0 Å². The first-order chi connectivity index (χ1) is 5.38. The van der Waals surface area contributed by atoms with Gasteiger partial charge in [0.05, 0.1) is 5.25 Å². The topological polar surface area (TPSA) is 63.4 Å². The fourth-order valence-corrected chi connectivity index (χ4v) is 1.41. The van der Waals surface area contributed by atoms with Gasteiger partial charge in [-0.25, -0.2) is 8.42 Å². The molecule has 1 atom stereocenters. The molecule has 0 aliphatic rings. The zero-order valence-corrected chi connectivity index (χ0v) is 8.76. The third-order valence-corrected chi connectivity index (χ3v) is 3.42. The fourth-order valence-electron chi connectivity index (χ4n) is 0.886. The van der Waals surface area contributed by atoms with Gasteiger partial charge in [0.25, 0.3) is 0 Å². The summed E-state index contributed by atoms with van der Waals surface area (Å²) < 4.78 is 22.0. The minimum atomic E-state index is -2.90. The molecule has 0 fully saturated rings. The average molecular weight is 194 g/mol. The van der Waals surface area contributed by atoms with Crippen LogP contribution in [0.15, 0.2) is 0 Å². The summed E-state index contributed by atoms with van der Waals surface area (Å²) in [5.41, 5.74) is 5.32. The van der Waals surface area contributed by atoms with Crippen LogP contribution in [0.5, 0.6) is 0 Å². The van der Waals surface area contributed by atoms with Gasteiger partial charge in [-0.1, -0.05) is 0 Å². The Bertz CT molecular complexity index is 213. The third-order valence-electron chi connectivity index (χ3n) is 1.81. The molecule has 0 saturated heterocycles. The van der Waals surface area contributed by atoms with E-state index in [4.69, 9.17) is 5.73 Å². The minimum absolute atomic E-state index is 0.311. The van der Waals surface area contributed by atoms with Crippen molar-refractivity contribution in [1.29, 1.82) is 0 Å². The Morgan fingerprint density at radius 3 is 2.33 bits per heavy atom. The summed E-state index contributed by atoms with van der Waals surface area (Å²) >= 11 is 0. The largest absolute Gasteiger partial charge is 0.329 e. The molecule has 1 unspecified atom stereocenters. The lowest BCUT2D eigenvalue weighted by Gasteiger charge is -2.18. The molecule has 0 heterocycles. The molecule has 74 valence electrons. The van der Waals surface area contributed by atoms with E-state index in [1.165, 1.54) is 6.26 Å². The predicted molar refractivity (Wildman–Crippen MR) is 50.9 cm³/mol. The summed E-state index contributed by atoms with van der Waals surface area (Å²) in [6.07, 6.45) is 1.26. The molecule has 0 aliphatic heterocycles. The van der Waals surface area contributed by atoms with Gasteiger partial charge in [-0.3, -0.25) is 0 Å². The first kappa shape index (κ1) is 11.9. The quantitative estimate of drug-likeness (QED) is 0.629. The molecule has 5 heteroatoms. The summed E-state index contributed by atoms with van der Waals surface area (Å²) in [6.45, 7) is 3.56. The molecule has 0 amide bonds. The standard InChI is InChI=1S/C7H18N2O2S/c1-7(12(3,10)11)6-9(2)5-4-8/h7H,4-6,8H2,1-3H3. The third kappa shape index (κ3) is 4.69. The van der Waals surface area contributed by atoms with Gasteiger partial charge in [-0.2, -0.15) is 0 Å². The second-order valence-corrected chi connectivity index (χ2v) is 5.65. The number of sulfone groups is 1. The lowest BCUT2D eigenvalue weighted by molar-refractivity contribution is 0.344. The highest BCUT2D eigenvalue weighted by atomic mass is 32.2. The molecule has 0 radical (unpaired) electrons. The van der Waals surface area contributed by atoms with Crippen molar-refractivity contribution in [3.05, 3.63) is 0 Å². The van der Waals surface area contributed by atoms with Crippen LogP contribution in [0.4, 0.5) is 0 Å². The highest BCUT2D eigenvalue weighted by Crippen LogP contribution is 1.99. The molecule has 0 bridgehead atoms. The van der Waals surface area contributed by atoms with Crippen LogP contribution >= 0.6 is 0 Å². The number of hydrogen-bond donors (Lipinski definition) is 1. The molecular weight excluding hydrogens is 176 g/mol. The van der Waals surface area contributed by atoms with Crippen molar-refractivity contribution in [2.24, 2.45) is 5.73 Å². The van der Waals surface area contributed by atoms with Crippen molar-refractivity contribution in [1.82, 2.24) is 4.90 Å². The first-order valence-electron chi connectivity index (χ1n) is 3.95. The van der Waals surface area contributed by atoms with Crippen LogP contribution in [0.25, 0.3) is 0 Å². The van der Waals surface area contributed by atoms with E-state index < -0.39 is 9.84 Å². The Labute approximate surface area is 74.7 Å². The number of likely N-dealkylation sites (N-methyl/N-ethyl adjacent to an activating group) is 1. The van der Waals surface area contributed by atoms with Crippen molar-refractivity contribution in [2.75, 3.05) is 32.9 Å². The molecule has 0 aromatic carbocycles. The minimum Gasteiger partial charge on any atom is -0.329 e.